The molecule has 0 aromatic carbocycles. The van der Waals surface area contributed by atoms with Crippen LogP contribution in [0, 0.1) is 5.41 Å². The van der Waals surface area contributed by atoms with Gasteiger partial charge in [0, 0.05) is 19.2 Å². The first-order valence-corrected chi connectivity index (χ1v) is 5.00. The lowest BCUT2D eigenvalue weighted by molar-refractivity contribution is 0.532. The van der Waals surface area contributed by atoms with Gasteiger partial charge in [0.2, 0.25) is 0 Å². The summed E-state index contributed by atoms with van der Waals surface area (Å²) < 4.78 is 0. The molecule has 0 saturated heterocycles. The van der Waals surface area contributed by atoms with Gasteiger partial charge in [0.25, 0.3) is 0 Å². The van der Waals surface area contributed by atoms with Crippen molar-refractivity contribution in [3.05, 3.63) is 35.5 Å². The van der Waals surface area contributed by atoms with Gasteiger partial charge in [-0.05, 0) is 20.3 Å². The number of rotatable bonds is 2. The molecule has 2 heteroatoms. The van der Waals surface area contributed by atoms with Gasteiger partial charge in [0.1, 0.15) is 5.84 Å². The fourth-order valence-corrected chi connectivity index (χ4v) is 1.28. The summed E-state index contributed by atoms with van der Waals surface area (Å²) in [5.74, 6) is 0.604. The van der Waals surface area contributed by atoms with E-state index in [0.29, 0.717) is 5.84 Å². The highest BCUT2D eigenvalue weighted by atomic mass is 15.1. The molecule has 14 heavy (non-hydrogen) atoms. The zero-order chi connectivity index (χ0) is 10.6. The average Bonchev–Trinajstić information content (AvgIpc) is 2.40. The van der Waals surface area contributed by atoms with E-state index < -0.39 is 0 Å². The Morgan fingerprint density at radius 2 is 2.14 bits per heavy atom. The Bertz CT molecular complexity index is 308. The Hall–Kier alpha value is -1.31. The van der Waals surface area contributed by atoms with E-state index in [9.17, 15) is 0 Å². The number of nitrogens with one attached hydrogen (secondary N) is 1. The van der Waals surface area contributed by atoms with Crippen LogP contribution in [0.4, 0.5) is 0 Å². The first kappa shape index (κ1) is 10.8. The van der Waals surface area contributed by atoms with Gasteiger partial charge in [-0.1, -0.05) is 29.9 Å². The number of hydrogen-bond donors (Lipinski definition) is 1. The summed E-state index contributed by atoms with van der Waals surface area (Å²) in [6.07, 6.45) is 9.28. The second kappa shape index (κ2) is 4.80. The van der Waals surface area contributed by atoms with Crippen molar-refractivity contribution in [1.82, 2.24) is 4.90 Å². The number of hydrogen-bond acceptors (Lipinski definition) is 1. The highest BCUT2D eigenvalue weighted by Crippen LogP contribution is 2.12. The minimum Gasteiger partial charge on any atom is -0.360 e. The molecular weight excluding hydrogens is 172 g/mol. The summed E-state index contributed by atoms with van der Waals surface area (Å²) in [4.78, 5) is 1.94. The Morgan fingerprint density at radius 3 is 2.79 bits per heavy atom. The number of nitrogens with zero attached hydrogens (tertiary/aromatic N) is 1. The third kappa shape index (κ3) is 2.59. The number of amidine groups is 1. The smallest absolute Gasteiger partial charge is 0.127 e. The van der Waals surface area contributed by atoms with Gasteiger partial charge in [-0.15, -0.1) is 0 Å². The summed E-state index contributed by atoms with van der Waals surface area (Å²) in [5.41, 5.74) is 2.28. The first-order valence-electron chi connectivity index (χ1n) is 5.00. The van der Waals surface area contributed by atoms with Crippen molar-refractivity contribution in [2.24, 2.45) is 0 Å². The first-order chi connectivity index (χ1) is 6.65. The van der Waals surface area contributed by atoms with Crippen LogP contribution in [0.15, 0.2) is 35.5 Å². The van der Waals surface area contributed by atoms with Crippen LogP contribution in [0.1, 0.15) is 20.3 Å². The lowest BCUT2D eigenvalue weighted by Gasteiger charge is -2.18. The van der Waals surface area contributed by atoms with Crippen molar-refractivity contribution >= 4 is 5.84 Å². The summed E-state index contributed by atoms with van der Waals surface area (Å²) >= 11 is 0. The predicted octanol–water partition coefficient (Wildman–Crippen LogP) is 2.75. The lowest BCUT2D eigenvalue weighted by atomic mass is 10.2. The maximum absolute atomic E-state index is 7.94. The molecule has 0 unspecified atom stereocenters. The molecule has 0 heterocycles. The summed E-state index contributed by atoms with van der Waals surface area (Å²) in [7, 11) is 1.95. The fourth-order valence-electron chi connectivity index (χ4n) is 1.28. The van der Waals surface area contributed by atoms with Gasteiger partial charge in [-0.25, -0.2) is 0 Å². The van der Waals surface area contributed by atoms with Gasteiger partial charge >= 0.3 is 0 Å². The molecular formula is C12H18N2. The van der Waals surface area contributed by atoms with E-state index in [4.69, 9.17) is 5.41 Å². The van der Waals surface area contributed by atoms with Crippen LogP contribution in [-0.4, -0.2) is 24.3 Å². The van der Waals surface area contributed by atoms with E-state index in [1.165, 1.54) is 5.57 Å². The highest BCUT2D eigenvalue weighted by Gasteiger charge is 2.06. The number of likely N-dealkylation sites (N-methyl/N-ethyl adjacent to an activating group) is 1. The van der Waals surface area contributed by atoms with E-state index in [1.54, 1.807) is 0 Å². The molecule has 0 spiro atoms. The third-order valence-corrected chi connectivity index (χ3v) is 2.43. The molecule has 0 bridgehead atoms. The van der Waals surface area contributed by atoms with Crippen LogP contribution in [0.25, 0.3) is 0 Å². The largest absolute Gasteiger partial charge is 0.360 e. The minimum atomic E-state index is 0.604. The molecule has 76 valence electrons. The Morgan fingerprint density at radius 1 is 1.43 bits per heavy atom. The van der Waals surface area contributed by atoms with Crippen molar-refractivity contribution in [2.45, 2.75) is 20.3 Å². The molecule has 1 aliphatic rings. The third-order valence-electron chi connectivity index (χ3n) is 2.43. The molecule has 0 amide bonds. The normalized spacial score (nSPS) is 15.6. The van der Waals surface area contributed by atoms with Crippen molar-refractivity contribution in [1.29, 1.82) is 5.41 Å². The van der Waals surface area contributed by atoms with Crippen LogP contribution >= 0.6 is 0 Å². The van der Waals surface area contributed by atoms with Crippen LogP contribution in [0.2, 0.25) is 0 Å². The Balaban J connectivity index is 2.76. The van der Waals surface area contributed by atoms with Gasteiger partial charge in [0.05, 0.1) is 0 Å². The molecule has 1 rings (SSSR count). The van der Waals surface area contributed by atoms with Crippen molar-refractivity contribution < 1.29 is 0 Å². The van der Waals surface area contributed by atoms with Crippen molar-refractivity contribution in [3.8, 4) is 0 Å². The zero-order valence-corrected chi connectivity index (χ0v) is 9.17. The predicted molar refractivity (Wildman–Crippen MR) is 61.6 cm³/mol. The quantitative estimate of drug-likeness (QED) is 0.526. The number of allylic oxidation sites excluding steroid dienone is 4. The Labute approximate surface area is 86.1 Å². The zero-order valence-electron chi connectivity index (χ0n) is 9.17. The molecule has 0 aromatic rings. The average molecular weight is 190 g/mol. The molecule has 1 N–H and O–H groups in total. The molecule has 0 saturated carbocycles. The topological polar surface area (TPSA) is 27.1 Å². The monoisotopic (exact) mass is 190 g/mol. The second-order valence-electron chi connectivity index (χ2n) is 3.54. The van der Waals surface area contributed by atoms with Crippen molar-refractivity contribution in [2.75, 3.05) is 13.6 Å². The van der Waals surface area contributed by atoms with Gasteiger partial charge in [0.15, 0.2) is 0 Å². The SMILES string of the molecule is CCN(C)C(=N)C1=CCC=C(C)C=C1. The van der Waals surface area contributed by atoms with E-state index in [0.717, 1.165) is 18.5 Å². The highest BCUT2D eigenvalue weighted by molar-refractivity contribution is 5.98. The fraction of sp³-hybridized carbons (Fsp3) is 0.417. The Kier molecular flexibility index (Phi) is 3.69. The molecule has 2 nitrogen and oxygen atoms in total. The molecule has 0 aromatic heterocycles. The van der Waals surface area contributed by atoms with Crippen LogP contribution < -0.4 is 0 Å². The summed E-state index contributed by atoms with van der Waals surface area (Å²) in [6, 6.07) is 0. The molecule has 0 aliphatic heterocycles. The molecule has 0 radical (unpaired) electrons. The van der Waals surface area contributed by atoms with Gasteiger partial charge < -0.3 is 4.90 Å². The minimum absolute atomic E-state index is 0.604. The van der Waals surface area contributed by atoms with E-state index in [1.807, 2.05) is 18.0 Å². The van der Waals surface area contributed by atoms with Gasteiger partial charge in [-0.2, -0.15) is 0 Å². The molecule has 0 atom stereocenters. The van der Waals surface area contributed by atoms with Gasteiger partial charge in [-0.3, -0.25) is 5.41 Å². The summed E-state index contributed by atoms with van der Waals surface area (Å²) in [6.45, 7) is 5.01. The van der Waals surface area contributed by atoms with Crippen LogP contribution in [0.5, 0.6) is 0 Å². The lowest BCUT2D eigenvalue weighted by Crippen LogP contribution is -2.26. The second-order valence-corrected chi connectivity index (χ2v) is 3.54. The standard InChI is InChI=1S/C12H18N2/c1-4-14(3)12(13)11-7-5-6-10(2)8-9-11/h6-9,13H,4-5H2,1-3H3. The molecule has 0 fully saturated rings. The maximum Gasteiger partial charge on any atom is 0.127 e. The van der Waals surface area contributed by atoms with E-state index >= 15 is 0 Å². The van der Waals surface area contributed by atoms with E-state index in [-0.39, 0.29) is 0 Å². The van der Waals surface area contributed by atoms with Crippen LogP contribution in [0.3, 0.4) is 0 Å². The van der Waals surface area contributed by atoms with Crippen molar-refractivity contribution in [3.63, 3.8) is 0 Å². The molecule has 1 aliphatic carbocycles. The van der Waals surface area contributed by atoms with E-state index in [2.05, 4.69) is 32.1 Å². The van der Waals surface area contributed by atoms with Crippen LogP contribution in [-0.2, 0) is 0 Å². The maximum atomic E-state index is 7.94. The summed E-state index contributed by atoms with van der Waals surface area (Å²) in [5, 5.41) is 7.94.